The highest BCUT2D eigenvalue weighted by atomic mass is 16.5. The fourth-order valence-electron chi connectivity index (χ4n) is 2.20. The van der Waals surface area contributed by atoms with Gasteiger partial charge in [0.05, 0.1) is 25.7 Å². The summed E-state index contributed by atoms with van der Waals surface area (Å²) in [6.45, 7) is 9.47. The molecule has 0 N–H and O–H groups in total. The molecule has 1 aliphatic heterocycles. The van der Waals surface area contributed by atoms with Gasteiger partial charge in [-0.1, -0.05) is 13.8 Å². The molecule has 0 atom stereocenters. The Hall–Kier alpha value is -0.570. The first kappa shape index (κ1) is 11.5. The molecular weight excluding hydrogens is 180 g/mol. The molecule has 0 aromatic carbocycles. The third-order valence-electron chi connectivity index (χ3n) is 3.76. The summed E-state index contributed by atoms with van der Waals surface area (Å²) in [6, 6.07) is 0. The number of esters is 1. The Morgan fingerprint density at radius 2 is 1.93 bits per heavy atom. The quantitative estimate of drug-likeness (QED) is 0.652. The second kappa shape index (κ2) is 3.54. The third-order valence-corrected chi connectivity index (χ3v) is 3.76. The average molecular weight is 200 g/mol. The summed E-state index contributed by atoms with van der Waals surface area (Å²) in [7, 11) is 1.44. The minimum atomic E-state index is -0.464. The van der Waals surface area contributed by atoms with Crippen molar-refractivity contribution in [2.75, 3.05) is 20.3 Å². The Morgan fingerprint density at radius 3 is 2.14 bits per heavy atom. The van der Waals surface area contributed by atoms with Crippen molar-refractivity contribution in [2.24, 2.45) is 16.7 Å². The predicted octanol–water partition coefficient (Wildman–Crippen LogP) is 1.86. The van der Waals surface area contributed by atoms with Crippen molar-refractivity contribution in [3.05, 3.63) is 0 Å². The molecule has 14 heavy (non-hydrogen) atoms. The Bertz CT molecular complexity index is 227. The summed E-state index contributed by atoms with van der Waals surface area (Å²) in [5.41, 5.74) is -0.520. The molecule has 0 aromatic heterocycles. The van der Waals surface area contributed by atoms with E-state index in [1.165, 1.54) is 7.11 Å². The van der Waals surface area contributed by atoms with Gasteiger partial charge in [-0.15, -0.1) is 0 Å². The summed E-state index contributed by atoms with van der Waals surface area (Å²) >= 11 is 0. The normalized spacial score (nSPS) is 20.4. The third kappa shape index (κ3) is 1.34. The van der Waals surface area contributed by atoms with Gasteiger partial charge in [0.2, 0.25) is 0 Å². The first-order chi connectivity index (χ1) is 6.38. The van der Waals surface area contributed by atoms with Gasteiger partial charge in [0.25, 0.3) is 0 Å². The van der Waals surface area contributed by atoms with Crippen LogP contribution in [0.3, 0.4) is 0 Å². The van der Waals surface area contributed by atoms with Gasteiger partial charge in [0, 0.05) is 5.41 Å². The van der Waals surface area contributed by atoms with E-state index in [1.807, 2.05) is 13.8 Å². The number of carbonyl (C=O) groups excluding carboxylic acids is 1. The maximum Gasteiger partial charge on any atom is 0.311 e. The molecule has 82 valence electrons. The number of rotatable bonds is 3. The Balaban J connectivity index is 2.93. The lowest BCUT2D eigenvalue weighted by Crippen LogP contribution is -2.59. The van der Waals surface area contributed by atoms with Crippen LogP contribution < -0.4 is 0 Å². The minimum Gasteiger partial charge on any atom is -0.469 e. The summed E-state index contributed by atoms with van der Waals surface area (Å²) in [4.78, 5) is 11.7. The van der Waals surface area contributed by atoms with Crippen LogP contribution in [0, 0.1) is 16.7 Å². The van der Waals surface area contributed by atoms with E-state index in [2.05, 4.69) is 13.8 Å². The molecule has 0 spiro atoms. The van der Waals surface area contributed by atoms with Crippen molar-refractivity contribution in [1.29, 1.82) is 0 Å². The van der Waals surface area contributed by atoms with E-state index in [-0.39, 0.29) is 11.4 Å². The van der Waals surface area contributed by atoms with Crippen LogP contribution in [0.4, 0.5) is 0 Å². The lowest BCUT2D eigenvalue weighted by atomic mass is 9.58. The highest BCUT2D eigenvalue weighted by Crippen LogP contribution is 2.50. The van der Waals surface area contributed by atoms with Crippen LogP contribution in [0.5, 0.6) is 0 Å². The van der Waals surface area contributed by atoms with Gasteiger partial charge in [0.15, 0.2) is 0 Å². The fraction of sp³-hybridized carbons (Fsp3) is 0.909. The largest absolute Gasteiger partial charge is 0.469 e. The van der Waals surface area contributed by atoms with Gasteiger partial charge in [0.1, 0.15) is 0 Å². The molecule has 0 unspecified atom stereocenters. The van der Waals surface area contributed by atoms with Gasteiger partial charge in [-0.3, -0.25) is 4.79 Å². The summed E-state index contributed by atoms with van der Waals surface area (Å²) in [5, 5.41) is 0. The summed E-state index contributed by atoms with van der Waals surface area (Å²) < 4.78 is 10.1. The van der Waals surface area contributed by atoms with Crippen molar-refractivity contribution >= 4 is 5.97 Å². The van der Waals surface area contributed by atoms with Crippen LogP contribution in [-0.2, 0) is 14.3 Å². The zero-order valence-corrected chi connectivity index (χ0v) is 9.72. The molecule has 0 bridgehead atoms. The van der Waals surface area contributed by atoms with E-state index in [9.17, 15) is 4.79 Å². The predicted molar refractivity (Wildman–Crippen MR) is 53.9 cm³/mol. The Labute approximate surface area is 85.8 Å². The van der Waals surface area contributed by atoms with Crippen LogP contribution in [-0.4, -0.2) is 26.3 Å². The van der Waals surface area contributed by atoms with Gasteiger partial charge < -0.3 is 9.47 Å². The number of ether oxygens (including phenoxy) is 2. The zero-order chi connectivity index (χ0) is 11.0. The standard InChI is InChI=1S/C11H20O3/c1-8(2)11(6-14-7-11)10(3,4)9(12)13-5/h8H,6-7H2,1-5H3. The number of hydrogen-bond donors (Lipinski definition) is 0. The van der Waals surface area contributed by atoms with Crippen LogP contribution in [0.1, 0.15) is 27.7 Å². The maximum absolute atomic E-state index is 11.7. The van der Waals surface area contributed by atoms with E-state index in [1.54, 1.807) is 0 Å². The van der Waals surface area contributed by atoms with E-state index < -0.39 is 5.41 Å². The number of methoxy groups -OCH3 is 1. The molecular formula is C11H20O3. The molecule has 1 fully saturated rings. The summed E-state index contributed by atoms with van der Waals surface area (Å²) in [6.07, 6.45) is 0. The topological polar surface area (TPSA) is 35.5 Å². The van der Waals surface area contributed by atoms with Crippen LogP contribution in [0.25, 0.3) is 0 Å². The molecule has 3 heteroatoms. The van der Waals surface area contributed by atoms with Crippen molar-refractivity contribution in [1.82, 2.24) is 0 Å². The van der Waals surface area contributed by atoms with E-state index in [4.69, 9.17) is 9.47 Å². The first-order valence-corrected chi connectivity index (χ1v) is 5.04. The zero-order valence-electron chi connectivity index (χ0n) is 9.72. The molecule has 0 aromatic rings. The second-order valence-corrected chi connectivity index (χ2v) is 4.92. The van der Waals surface area contributed by atoms with Crippen molar-refractivity contribution < 1.29 is 14.3 Å². The second-order valence-electron chi connectivity index (χ2n) is 4.92. The average Bonchev–Trinajstić information content (AvgIpc) is 1.98. The van der Waals surface area contributed by atoms with E-state index in [0.717, 1.165) is 0 Å². The fourth-order valence-corrected chi connectivity index (χ4v) is 2.20. The van der Waals surface area contributed by atoms with Crippen molar-refractivity contribution in [3.63, 3.8) is 0 Å². The number of carbonyl (C=O) groups is 1. The molecule has 0 amide bonds. The SMILES string of the molecule is COC(=O)C(C)(C)C1(C(C)C)COC1. The highest BCUT2D eigenvalue weighted by Gasteiger charge is 2.57. The van der Waals surface area contributed by atoms with Crippen molar-refractivity contribution in [2.45, 2.75) is 27.7 Å². The summed E-state index contributed by atoms with van der Waals surface area (Å²) in [5.74, 6) is 0.278. The lowest BCUT2D eigenvalue weighted by Gasteiger charge is -2.53. The van der Waals surface area contributed by atoms with Crippen molar-refractivity contribution in [3.8, 4) is 0 Å². The van der Waals surface area contributed by atoms with Crippen LogP contribution in [0.15, 0.2) is 0 Å². The number of hydrogen-bond acceptors (Lipinski definition) is 3. The molecule has 1 rings (SSSR count). The Kier molecular flexibility index (Phi) is 2.91. The minimum absolute atomic E-state index is 0.0555. The smallest absolute Gasteiger partial charge is 0.311 e. The van der Waals surface area contributed by atoms with Gasteiger partial charge >= 0.3 is 5.97 Å². The lowest BCUT2D eigenvalue weighted by molar-refractivity contribution is -0.214. The maximum atomic E-state index is 11.7. The Morgan fingerprint density at radius 1 is 1.43 bits per heavy atom. The first-order valence-electron chi connectivity index (χ1n) is 5.04. The molecule has 1 aliphatic rings. The highest BCUT2D eigenvalue weighted by molar-refractivity contribution is 5.77. The van der Waals surface area contributed by atoms with Gasteiger partial charge in [-0.05, 0) is 19.8 Å². The molecule has 3 nitrogen and oxygen atoms in total. The van der Waals surface area contributed by atoms with Gasteiger partial charge in [-0.2, -0.15) is 0 Å². The monoisotopic (exact) mass is 200 g/mol. The van der Waals surface area contributed by atoms with Crippen LogP contribution in [0.2, 0.25) is 0 Å². The van der Waals surface area contributed by atoms with Crippen LogP contribution >= 0.6 is 0 Å². The van der Waals surface area contributed by atoms with E-state index in [0.29, 0.717) is 19.1 Å². The molecule has 0 radical (unpaired) electrons. The molecule has 1 heterocycles. The molecule has 0 aliphatic carbocycles. The molecule has 1 saturated heterocycles. The molecule has 0 saturated carbocycles. The van der Waals surface area contributed by atoms with Gasteiger partial charge in [-0.25, -0.2) is 0 Å². The van der Waals surface area contributed by atoms with E-state index >= 15 is 0 Å².